The molecule has 8 nitrogen and oxygen atoms in total. The molecule has 0 radical (unpaired) electrons. The molecule has 1 aliphatic heterocycles. The van der Waals surface area contributed by atoms with Crippen molar-refractivity contribution in [1.29, 1.82) is 0 Å². The van der Waals surface area contributed by atoms with Crippen LogP contribution in [0, 0.1) is 11.7 Å². The molecule has 2 N–H and O–H groups in total. The topological polar surface area (TPSA) is 93.9 Å². The Morgan fingerprint density at radius 3 is 2.50 bits per heavy atom. The highest BCUT2D eigenvalue weighted by atomic mass is 19.4. The van der Waals surface area contributed by atoms with Gasteiger partial charge in [-0.3, -0.25) is 4.90 Å². The second kappa shape index (κ2) is 13.3. The minimum atomic E-state index is -4.83. The van der Waals surface area contributed by atoms with Gasteiger partial charge in [-0.05, 0) is 68.5 Å². The summed E-state index contributed by atoms with van der Waals surface area (Å²) in [7, 11) is 0. The van der Waals surface area contributed by atoms with E-state index in [1.54, 1.807) is 0 Å². The van der Waals surface area contributed by atoms with Gasteiger partial charge in [0.25, 0.3) is 0 Å². The lowest BCUT2D eigenvalue weighted by atomic mass is 9.80. The van der Waals surface area contributed by atoms with E-state index in [1.807, 2.05) is 30.0 Å². The van der Waals surface area contributed by atoms with Crippen LogP contribution in [0.5, 0.6) is 0 Å². The number of alkyl halides is 3. The third-order valence-electron chi connectivity index (χ3n) is 8.61. The van der Waals surface area contributed by atoms with Gasteiger partial charge in [-0.2, -0.15) is 13.2 Å². The Hall–Kier alpha value is -4.06. The Balaban J connectivity index is 1.60. The molecule has 2 heterocycles. The molecule has 0 amide bonds. The van der Waals surface area contributed by atoms with Crippen LogP contribution in [0.4, 0.5) is 34.9 Å². The molecular formula is C32H36F4N6O2. The van der Waals surface area contributed by atoms with Crippen molar-refractivity contribution in [3.05, 3.63) is 76.9 Å². The van der Waals surface area contributed by atoms with Crippen LogP contribution in [0.15, 0.2) is 53.5 Å². The Morgan fingerprint density at radius 1 is 1.14 bits per heavy atom. The van der Waals surface area contributed by atoms with E-state index in [2.05, 4.69) is 44.0 Å². The maximum absolute atomic E-state index is 14.7. The Labute approximate surface area is 253 Å². The van der Waals surface area contributed by atoms with Gasteiger partial charge in [0.2, 0.25) is 5.82 Å². The van der Waals surface area contributed by atoms with Gasteiger partial charge in [-0.15, -0.1) is 0 Å². The summed E-state index contributed by atoms with van der Waals surface area (Å²) in [6.07, 6.45) is 1.20. The number of halogens is 4. The van der Waals surface area contributed by atoms with Crippen molar-refractivity contribution in [2.45, 2.75) is 70.3 Å². The molecule has 234 valence electrons. The number of hydrogen-bond donors (Lipinski definition) is 2. The molecule has 5 rings (SSSR count). The molecule has 2 fully saturated rings. The summed E-state index contributed by atoms with van der Waals surface area (Å²) in [6.45, 7) is 6.64. The van der Waals surface area contributed by atoms with E-state index in [0.717, 1.165) is 62.8 Å². The molecule has 12 heteroatoms. The molecule has 0 spiro atoms. The van der Waals surface area contributed by atoms with E-state index in [-0.39, 0.29) is 36.9 Å². The van der Waals surface area contributed by atoms with E-state index in [4.69, 9.17) is 0 Å². The maximum atomic E-state index is 14.7. The van der Waals surface area contributed by atoms with Crippen LogP contribution in [-0.4, -0.2) is 51.9 Å². The zero-order valence-electron chi connectivity index (χ0n) is 24.5. The fourth-order valence-electron chi connectivity index (χ4n) is 6.05. The van der Waals surface area contributed by atoms with Crippen molar-refractivity contribution in [3.63, 3.8) is 0 Å². The minimum absolute atomic E-state index is 0.0152. The van der Waals surface area contributed by atoms with Gasteiger partial charge >= 0.3 is 12.1 Å². The first-order valence-corrected chi connectivity index (χ1v) is 14.8. The third-order valence-corrected chi connectivity index (χ3v) is 8.61. The lowest BCUT2D eigenvalue weighted by Crippen LogP contribution is -2.43. The number of rotatable bonds is 11. The first kappa shape index (κ1) is 31.4. The molecule has 2 atom stereocenters. The molecule has 1 aliphatic carbocycles. The molecule has 1 saturated carbocycles. The van der Waals surface area contributed by atoms with Crippen molar-refractivity contribution >= 4 is 30.0 Å². The normalized spacial score (nSPS) is 18.3. The van der Waals surface area contributed by atoms with Crippen molar-refractivity contribution < 1.29 is 27.5 Å². The van der Waals surface area contributed by atoms with Crippen LogP contribution in [0.2, 0.25) is 0 Å². The highest BCUT2D eigenvalue weighted by Crippen LogP contribution is 2.40. The highest BCUT2D eigenvalue weighted by molar-refractivity contribution is 5.87. The average Bonchev–Trinajstić information content (AvgIpc) is 2.95. The molecule has 2 aromatic carbocycles. The number of piperidine rings is 1. The number of carbonyl (C=O) groups is 1. The summed E-state index contributed by atoms with van der Waals surface area (Å²) >= 11 is 0. The number of likely N-dealkylation sites (tertiary alicyclic amines) is 1. The van der Waals surface area contributed by atoms with Crippen LogP contribution in [0.1, 0.15) is 78.8 Å². The Morgan fingerprint density at radius 2 is 1.89 bits per heavy atom. The smallest absolute Gasteiger partial charge is 0.419 e. The number of anilines is 2. The summed E-state index contributed by atoms with van der Waals surface area (Å²) in [5.74, 6) is -2.54. The van der Waals surface area contributed by atoms with Gasteiger partial charge in [0, 0.05) is 25.2 Å². The van der Waals surface area contributed by atoms with Gasteiger partial charge in [0.15, 0.2) is 11.6 Å². The zero-order chi connectivity index (χ0) is 31.4. The molecule has 44 heavy (non-hydrogen) atoms. The predicted molar refractivity (Wildman–Crippen MR) is 161 cm³/mol. The number of aromatic carboxylic acids is 1. The number of aliphatic imine (C=N–C) groups is 1. The van der Waals surface area contributed by atoms with E-state index in [1.165, 1.54) is 6.07 Å². The zero-order valence-corrected chi connectivity index (χ0v) is 24.5. The quantitative estimate of drug-likeness (QED) is 0.172. The van der Waals surface area contributed by atoms with E-state index in [9.17, 15) is 27.5 Å². The van der Waals surface area contributed by atoms with Gasteiger partial charge < -0.3 is 15.3 Å². The molecule has 1 unspecified atom stereocenters. The second-order valence-electron chi connectivity index (χ2n) is 11.5. The summed E-state index contributed by atoms with van der Waals surface area (Å²) < 4.78 is 54.8. The number of benzene rings is 2. The highest BCUT2D eigenvalue weighted by Gasteiger charge is 2.35. The molecule has 3 aromatic rings. The number of nitrogens with zero attached hydrogens (tertiary/aromatic N) is 5. The molecule has 0 bridgehead atoms. The van der Waals surface area contributed by atoms with Crippen LogP contribution in [-0.2, 0) is 12.7 Å². The standard InChI is InChI=1S/C32H36F4N6O2/c1-20(22-11-8-12-22)38-29-27(28(37-2)39-30(40-29)31(43)44)42(18-21-14-15-24(25(33)17-21)32(34,35)36)19-41-16-7-6-13-26(41)23-9-4-3-5-10-23/h3-5,9-10,14-15,17,20,22,26H,2,6-8,11-13,16,18-19H2,1H3,(H,43,44)(H,38,39,40)/t20-,26?/m1/s1. The lowest BCUT2D eigenvalue weighted by Gasteiger charge is -2.41. The van der Waals surface area contributed by atoms with Gasteiger partial charge in [0.1, 0.15) is 11.5 Å². The maximum Gasteiger partial charge on any atom is 0.419 e. The predicted octanol–water partition coefficient (Wildman–Crippen LogP) is 7.46. The number of nitrogens with one attached hydrogen (secondary N) is 1. The number of carboxylic acids is 1. The van der Waals surface area contributed by atoms with E-state index < -0.39 is 29.4 Å². The first-order valence-electron chi connectivity index (χ1n) is 14.8. The fraction of sp³-hybridized carbons (Fsp3) is 0.438. The first-order chi connectivity index (χ1) is 21.0. The molecule has 1 saturated heterocycles. The second-order valence-corrected chi connectivity index (χ2v) is 11.5. The Bertz CT molecular complexity index is 1480. The summed E-state index contributed by atoms with van der Waals surface area (Å²) in [4.78, 5) is 28.7. The van der Waals surface area contributed by atoms with Crippen molar-refractivity contribution in [2.24, 2.45) is 10.9 Å². The molecule has 1 aromatic heterocycles. The number of hydrogen-bond acceptors (Lipinski definition) is 7. The van der Waals surface area contributed by atoms with Crippen LogP contribution in [0.25, 0.3) is 0 Å². The van der Waals surface area contributed by atoms with Gasteiger partial charge in [-0.1, -0.05) is 49.2 Å². The van der Waals surface area contributed by atoms with Crippen LogP contribution >= 0.6 is 0 Å². The largest absolute Gasteiger partial charge is 0.475 e. The average molecular weight is 613 g/mol. The van der Waals surface area contributed by atoms with Crippen LogP contribution < -0.4 is 10.2 Å². The van der Waals surface area contributed by atoms with Gasteiger partial charge in [0.05, 0.1) is 12.2 Å². The molecular weight excluding hydrogens is 576 g/mol. The van der Waals surface area contributed by atoms with Crippen LogP contribution in [0.3, 0.4) is 0 Å². The number of aromatic nitrogens is 2. The molecule has 2 aliphatic rings. The van der Waals surface area contributed by atoms with Crippen molar-refractivity contribution in [2.75, 3.05) is 23.4 Å². The van der Waals surface area contributed by atoms with E-state index >= 15 is 0 Å². The summed E-state index contributed by atoms with van der Waals surface area (Å²) in [5.41, 5.74) is 0.435. The summed E-state index contributed by atoms with van der Waals surface area (Å²) in [5, 5.41) is 13.2. The fourth-order valence-corrected chi connectivity index (χ4v) is 6.05. The van der Waals surface area contributed by atoms with Gasteiger partial charge in [-0.25, -0.2) is 24.1 Å². The minimum Gasteiger partial charge on any atom is -0.475 e. The third kappa shape index (κ3) is 7.01. The van der Waals surface area contributed by atoms with E-state index in [0.29, 0.717) is 17.2 Å². The monoisotopic (exact) mass is 612 g/mol. The summed E-state index contributed by atoms with van der Waals surface area (Å²) in [6, 6.07) is 12.9. The Kier molecular flexibility index (Phi) is 9.48. The van der Waals surface area contributed by atoms with Crippen molar-refractivity contribution in [3.8, 4) is 0 Å². The lowest BCUT2D eigenvalue weighted by molar-refractivity contribution is -0.140. The number of carboxylic acid groups (broad SMARTS) is 1. The SMILES string of the molecule is C=Nc1nc(C(=O)O)nc(N[C@H](C)C2CCC2)c1N(Cc1ccc(C(F)(F)F)c(F)c1)CN1CCCCC1c1ccccc1. The van der Waals surface area contributed by atoms with Crippen molar-refractivity contribution in [1.82, 2.24) is 14.9 Å².